The van der Waals surface area contributed by atoms with Gasteiger partial charge in [0.15, 0.2) is 0 Å². The molecule has 16 heavy (non-hydrogen) atoms. The predicted molar refractivity (Wildman–Crippen MR) is 68.5 cm³/mol. The maximum atomic E-state index is 11.9. The molecular weight excluding hydrogens is 292 g/mol. The molecule has 0 aliphatic heterocycles. The SMILES string of the molecule is C=CC(C)NS(=O)(=O)c1ccc(Br)cc1N. The number of hydrogen-bond donors (Lipinski definition) is 2. The fraction of sp³-hybridized carbons (Fsp3) is 0.200. The Morgan fingerprint density at radius 1 is 1.56 bits per heavy atom. The zero-order chi connectivity index (χ0) is 12.3. The van der Waals surface area contributed by atoms with E-state index in [2.05, 4.69) is 27.2 Å². The van der Waals surface area contributed by atoms with Crippen LogP contribution in [0.15, 0.2) is 40.2 Å². The number of halogens is 1. The molecule has 0 aromatic heterocycles. The Kier molecular flexibility index (Phi) is 4.12. The largest absolute Gasteiger partial charge is 0.398 e. The lowest BCUT2D eigenvalue weighted by atomic mass is 10.3. The number of hydrogen-bond acceptors (Lipinski definition) is 3. The number of sulfonamides is 1. The van der Waals surface area contributed by atoms with Crippen LogP contribution in [0.3, 0.4) is 0 Å². The van der Waals surface area contributed by atoms with E-state index < -0.39 is 10.0 Å². The number of nitrogen functional groups attached to an aromatic ring is 1. The highest BCUT2D eigenvalue weighted by Crippen LogP contribution is 2.22. The molecule has 1 rings (SSSR count). The third kappa shape index (κ3) is 3.07. The van der Waals surface area contributed by atoms with Crippen molar-refractivity contribution in [2.45, 2.75) is 17.9 Å². The van der Waals surface area contributed by atoms with Crippen molar-refractivity contribution >= 4 is 31.6 Å². The molecule has 1 atom stereocenters. The number of rotatable bonds is 4. The molecule has 0 bridgehead atoms. The summed E-state index contributed by atoms with van der Waals surface area (Å²) in [6.45, 7) is 5.20. The first-order valence-electron chi connectivity index (χ1n) is 4.56. The van der Waals surface area contributed by atoms with Crippen LogP contribution in [0, 0.1) is 0 Å². The van der Waals surface area contributed by atoms with Gasteiger partial charge in [0.25, 0.3) is 0 Å². The van der Waals surface area contributed by atoms with Crippen LogP contribution in [0.25, 0.3) is 0 Å². The van der Waals surface area contributed by atoms with Crippen molar-refractivity contribution in [3.63, 3.8) is 0 Å². The van der Waals surface area contributed by atoms with Crippen LogP contribution in [0.4, 0.5) is 5.69 Å². The molecular formula is C10H13BrN2O2S. The maximum absolute atomic E-state index is 11.9. The van der Waals surface area contributed by atoms with E-state index >= 15 is 0 Å². The molecule has 4 nitrogen and oxygen atoms in total. The first-order chi connectivity index (χ1) is 7.36. The Hall–Kier alpha value is -0.850. The van der Waals surface area contributed by atoms with E-state index in [9.17, 15) is 8.42 Å². The Labute approximate surface area is 104 Å². The second-order valence-electron chi connectivity index (χ2n) is 3.33. The average molecular weight is 305 g/mol. The van der Waals surface area contributed by atoms with E-state index in [1.165, 1.54) is 12.1 Å². The lowest BCUT2D eigenvalue weighted by Gasteiger charge is -2.12. The van der Waals surface area contributed by atoms with E-state index in [1.807, 2.05) is 0 Å². The zero-order valence-electron chi connectivity index (χ0n) is 8.77. The fourth-order valence-corrected chi connectivity index (χ4v) is 2.83. The van der Waals surface area contributed by atoms with Gasteiger partial charge in [-0.2, -0.15) is 0 Å². The van der Waals surface area contributed by atoms with Crippen molar-refractivity contribution in [3.8, 4) is 0 Å². The molecule has 3 N–H and O–H groups in total. The molecule has 0 saturated heterocycles. The third-order valence-electron chi connectivity index (χ3n) is 1.96. The van der Waals surface area contributed by atoms with E-state index in [4.69, 9.17) is 5.73 Å². The van der Waals surface area contributed by atoms with Crippen LogP contribution in [0.5, 0.6) is 0 Å². The Morgan fingerprint density at radius 2 is 2.19 bits per heavy atom. The summed E-state index contributed by atoms with van der Waals surface area (Å²) in [5, 5.41) is 0. The summed E-state index contributed by atoms with van der Waals surface area (Å²) in [6, 6.07) is 4.29. The third-order valence-corrected chi connectivity index (χ3v) is 4.08. The van der Waals surface area contributed by atoms with Gasteiger partial charge in [-0.15, -0.1) is 6.58 Å². The number of nitrogens with two attached hydrogens (primary N) is 1. The van der Waals surface area contributed by atoms with Gasteiger partial charge in [-0.05, 0) is 25.1 Å². The van der Waals surface area contributed by atoms with Crippen molar-refractivity contribution in [1.29, 1.82) is 0 Å². The van der Waals surface area contributed by atoms with Gasteiger partial charge in [-0.25, -0.2) is 13.1 Å². The van der Waals surface area contributed by atoms with Gasteiger partial charge in [0.05, 0.1) is 5.69 Å². The highest BCUT2D eigenvalue weighted by atomic mass is 79.9. The van der Waals surface area contributed by atoms with Gasteiger partial charge in [-0.3, -0.25) is 0 Å². The van der Waals surface area contributed by atoms with Crippen molar-refractivity contribution < 1.29 is 8.42 Å². The summed E-state index contributed by atoms with van der Waals surface area (Å²) < 4.78 is 26.9. The van der Waals surface area contributed by atoms with Crippen LogP contribution in [-0.2, 0) is 10.0 Å². The molecule has 88 valence electrons. The molecule has 0 spiro atoms. The minimum atomic E-state index is -3.59. The van der Waals surface area contributed by atoms with E-state index in [1.54, 1.807) is 19.1 Å². The molecule has 1 aromatic carbocycles. The number of benzene rings is 1. The predicted octanol–water partition coefficient (Wildman–Crippen LogP) is 1.88. The molecule has 0 aliphatic carbocycles. The quantitative estimate of drug-likeness (QED) is 0.659. The molecule has 0 amide bonds. The standard InChI is InChI=1S/C10H13BrN2O2S/c1-3-7(2)13-16(14,15)10-5-4-8(11)6-9(10)12/h3-7,13H,1,12H2,2H3. The molecule has 1 aromatic rings. The van der Waals surface area contributed by atoms with Crippen LogP contribution in [0.2, 0.25) is 0 Å². The summed E-state index contributed by atoms with van der Waals surface area (Å²) in [5.41, 5.74) is 5.86. The highest BCUT2D eigenvalue weighted by molar-refractivity contribution is 9.10. The molecule has 1 unspecified atom stereocenters. The first kappa shape index (κ1) is 13.2. The molecule has 0 heterocycles. The molecule has 0 radical (unpaired) electrons. The minimum Gasteiger partial charge on any atom is -0.398 e. The smallest absolute Gasteiger partial charge is 0.243 e. The van der Waals surface area contributed by atoms with E-state index in [-0.39, 0.29) is 16.6 Å². The van der Waals surface area contributed by atoms with Crippen LogP contribution < -0.4 is 10.5 Å². The molecule has 0 saturated carbocycles. The Balaban J connectivity index is 3.12. The summed E-state index contributed by atoms with van der Waals surface area (Å²) >= 11 is 3.22. The van der Waals surface area contributed by atoms with Crippen LogP contribution in [-0.4, -0.2) is 14.5 Å². The Bertz CT molecular complexity index is 500. The molecule has 6 heteroatoms. The van der Waals surface area contributed by atoms with Crippen molar-refractivity contribution in [1.82, 2.24) is 4.72 Å². The van der Waals surface area contributed by atoms with Crippen molar-refractivity contribution in [2.24, 2.45) is 0 Å². The second-order valence-corrected chi connectivity index (χ2v) is 5.93. The van der Waals surface area contributed by atoms with Gasteiger partial charge in [-0.1, -0.05) is 22.0 Å². The van der Waals surface area contributed by atoms with Crippen LogP contribution >= 0.6 is 15.9 Å². The summed E-state index contributed by atoms with van der Waals surface area (Å²) in [7, 11) is -3.59. The lowest BCUT2D eigenvalue weighted by Crippen LogP contribution is -2.31. The van der Waals surface area contributed by atoms with Gasteiger partial charge >= 0.3 is 0 Å². The first-order valence-corrected chi connectivity index (χ1v) is 6.84. The topological polar surface area (TPSA) is 72.2 Å². The minimum absolute atomic E-state index is 0.0735. The Morgan fingerprint density at radius 3 is 2.69 bits per heavy atom. The van der Waals surface area contributed by atoms with E-state index in [0.717, 1.165) is 4.47 Å². The number of nitrogens with one attached hydrogen (secondary N) is 1. The second kappa shape index (κ2) is 4.99. The maximum Gasteiger partial charge on any atom is 0.243 e. The lowest BCUT2D eigenvalue weighted by molar-refractivity contribution is 0.576. The van der Waals surface area contributed by atoms with Crippen LogP contribution in [0.1, 0.15) is 6.92 Å². The van der Waals surface area contributed by atoms with Crippen molar-refractivity contribution in [2.75, 3.05) is 5.73 Å². The molecule has 0 fully saturated rings. The summed E-state index contributed by atoms with van der Waals surface area (Å²) in [5.74, 6) is 0. The van der Waals surface area contributed by atoms with Gasteiger partial charge in [0.2, 0.25) is 10.0 Å². The van der Waals surface area contributed by atoms with Crippen molar-refractivity contribution in [3.05, 3.63) is 35.3 Å². The van der Waals surface area contributed by atoms with E-state index in [0.29, 0.717) is 0 Å². The van der Waals surface area contributed by atoms with Gasteiger partial charge in [0, 0.05) is 10.5 Å². The summed E-state index contributed by atoms with van der Waals surface area (Å²) in [4.78, 5) is 0.0735. The van der Waals surface area contributed by atoms with Gasteiger partial charge in [0.1, 0.15) is 4.90 Å². The average Bonchev–Trinajstić information content (AvgIpc) is 2.16. The highest BCUT2D eigenvalue weighted by Gasteiger charge is 2.18. The summed E-state index contributed by atoms with van der Waals surface area (Å²) in [6.07, 6.45) is 1.51. The molecule has 0 aliphatic rings. The monoisotopic (exact) mass is 304 g/mol. The van der Waals surface area contributed by atoms with Gasteiger partial charge < -0.3 is 5.73 Å². The normalized spacial score (nSPS) is 13.4. The zero-order valence-corrected chi connectivity index (χ0v) is 11.2. The fourth-order valence-electron chi connectivity index (χ4n) is 1.12. The number of anilines is 1.